The maximum atomic E-state index is 12.7. The smallest absolute Gasteiger partial charge is 0.257 e. The van der Waals surface area contributed by atoms with E-state index in [2.05, 4.69) is 29.4 Å². The van der Waals surface area contributed by atoms with Crippen molar-refractivity contribution in [2.75, 3.05) is 5.32 Å². The molecule has 0 saturated carbocycles. The van der Waals surface area contributed by atoms with E-state index >= 15 is 0 Å². The van der Waals surface area contributed by atoms with Gasteiger partial charge in [0.05, 0.1) is 15.6 Å². The number of nitrogens with one attached hydrogen (secondary N) is 1. The molecule has 32 heavy (non-hydrogen) atoms. The summed E-state index contributed by atoms with van der Waals surface area (Å²) < 4.78 is 6.98. The first-order valence-corrected chi connectivity index (χ1v) is 11.2. The Bertz CT molecular complexity index is 1530. The lowest BCUT2D eigenvalue weighted by atomic mass is 10.1. The molecule has 0 bridgehead atoms. The van der Waals surface area contributed by atoms with Crippen LogP contribution in [0.1, 0.15) is 28.4 Å². The molecule has 5 rings (SSSR count). The molecule has 0 aliphatic carbocycles. The molecule has 2 aromatic heterocycles. The topological polar surface area (TPSA) is 72.2 Å². The molecule has 1 amide bonds. The number of carbonyl (C=O) groups excluding carboxylic acids is 1. The molecule has 0 unspecified atom stereocenters. The summed E-state index contributed by atoms with van der Waals surface area (Å²) in [6, 6.07) is 20.2. The van der Waals surface area contributed by atoms with Crippen molar-refractivity contribution in [3.8, 4) is 11.3 Å². The lowest BCUT2D eigenvalue weighted by Crippen LogP contribution is -2.11. The molecule has 5 nitrogen and oxygen atoms in total. The van der Waals surface area contributed by atoms with Crippen LogP contribution in [0.5, 0.6) is 0 Å². The van der Waals surface area contributed by atoms with E-state index in [9.17, 15) is 9.59 Å². The first-order chi connectivity index (χ1) is 15.5. The summed E-state index contributed by atoms with van der Waals surface area (Å²) in [6.45, 7) is 4.05. The molecular weight excluding hydrogens is 420 g/mol. The van der Waals surface area contributed by atoms with Crippen molar-refractivity contribution < 1.29 is 9.21 Å². The predicted octanol–water partition coefficient (Wildman–Crippen LogP) is 6.19. The van der Waals surface area contributed by atoms with Crippen LogP contribution in [0.3, 0.4) is 0 Å². The fourth-order valence-corrected chi connectivity index (χ4v) is 4.53. The van der Waals surface area contributed by atoms with Crippen LogP contribution in [-0.2, 0) is 6.42 Å². The number of hydrogen-bond acceptors (Lipinski definition) is 5. The number of benzene rings is 3. The molecule has 1 N–H and O–H groups in total. The predicted molar refractivity (Wildman–Crippen MR) is 130 cm³/mol. The van der Waals surface area contributed by atoms with Gasteiger partial charge in [-0.05, 0) is 55.3 Å². The Morgan fingerprint density at radius 1 is 1.03 bits per heavy atom. The Morgan fingerprint density at radius 2 is 1.84 bits per heavy atom. The summed E-state index contributed by atoms with van der Waals surface area (Å²) >= 11 is 1.46. The van der Waals surface area contributed by atoms with E-state index in [1.165, 1.54) is 23.0 Å². The molecule has 6 heteroatoms. The van der Waals surface area contributed by atoms with Gasteiger partial charge in [-0.25, -0.2) is 4.98 Å². The second-order valence-corrected chi connectivity index (χ2v) is 8.71. The summed E-state index contributed by atoms with van der Waals surface area (Å²) in [5.41, 5.74) is 4.81. The van der Waals surface area contributed by atoms with E-state index < -0.39 is 0 Å². The SMILES string of the molecule is CCc1ccc2nc(NC(=O)c3ccc(-c4cc(=O)c5cc(C)ccc5o4)cc3)sc2c1. The normalized spacial score (nSPS) is 11.2. The molecule has 0 fully saturated rings. The standard InChI is InChI=1S/C26H20N2O3S/c1-3-16-5-10-20-24(13-16)32-26(27-20)28-25(30)18-8-6-17(7-9-18)23-14-21(29)19-12-15(2)4-11-22(19)31-23/h4-14H,3H2,1-2H3,(H,27,28,30). The van der Waals surface area contributed by atoms with E-state index in [4.69, 9.17) is 4.42 Å². The van der Waals surface area contributed by atoms with Crippen molar-refractivity contribution in [1.82, 2.24) is 4.98 Å². The van der Waals surface area contributed by atoms with Crippen LogP contribution in [0.2, 0.25) is 0 Å². The molecule has 0 aliphatic rings. The number of amides is 1. The van der Waals surface area contributed by atoms with E-state index in [1.807, 2.05) is 25.1 Å². The summed E-state index contributed by atoms with van der Waals surface area (Å²) in [5, 5.41) is 4.01. The monoisotopic (exact) mass is 440 g/mol. The molecule has 2 heterocycles. The second-order valence-electron chi connectivity index (χ2n) is 7.68. The first-order valence-electron chi connectivity index (χ1n) is 10.4. The van der Waals surface area contributed by atoms with Crippen molar-refractivity contribution in [3.63, 3.8) is 0 Å². The van der Waals surface area contributed by atoms with Crippen molar-refractivity contribution in [2.45, 2.75) is 20.3 Å². The zero-order chi connectivity index (χ0) is 22.2. The van der Waals surface area contributed by atoms with Gasteiger partial charge in [0.2, 0.25) is 0 Å². The fraction of sp³-hybridized carbons (Fsp3) is 0.115. The summed E-state index contributed by atoms with van der Waals surface area (Å²) in [5.74, 6) is 0.234. The highest BCUT2D eigenvalue weighted by molar-refractivity contribution is 7.22. The lowest BCUT2D eigenvalue weighted by Gasteiger charge is -2.06. The van der Waals surface area contributed by atoms with Crippen molar-refractivity contribution >= 4 is 43.6 Å². The van der Waals surface area contributed by atoms with Gasteiger partial charge < -0.3 is 4.42 Å². The Kier molecular flexibility index (Phi) is 5.07. The van der Waals surface area contributed by atoms with Crippen LogP contribution < -0.4 is 10.7 Å². The highest BCUT2D eigenvalue weighted by Crippen LogP contribution is 2.28. The van der Waals surface area contributed by atoms with Crippen LogP contribution in [-0.4, -0.2) is 10.9 Å². The second kappa shape index (κ2) is 8.05. The van der Waals surface area contributed by atoms with Gasteiger partial charge in [-0.3, -0.25) is 14.9 Å². The van der Waals surface area contributed by atoms with Gasteiger partial charge in [0.1, 0.15) is 11.3 Å². The Morgan fingerprint density at radius 3 is 2.62 bits per heavy atom. The van der Waals surface area contributed by atoms with Crippen LogP contribution in [0.4, 0.5) is 5.13 Å². The van der Waals surface area contributed by atoms with Crippen molar-refractivity contribution in [1.29, 1.82) is 0 Å². The van der Waals surface area contributed by atoms with Crippen LogP contribution in [0.25, 0.3) is 32.5 Å². The highest BCUT2D eigenvalue weighted by atomic mass is 32.1. The van der Waals surface area contributed by atoms with Crippen LogP contribution >= 0.6 is 11.3 Å². The minimum Gasteiger partial charge on any atom is -0.456 e. The summed E-state index contributed by atoms with van der Waals surface area (Å²) in [7, 11) is 0. The number of carbonyl (C=O) groups is 1. The quantitative estimate of drug-likeness (QED) is 0.361. The average molecular weight is 441 g/mol. The lowest BCUT2D eigenvalue weighted by molar-refractivity contribution is 0.102. The summed E-state index contributed by atoms with van der Waals surface area (Å²) in [6.07, 6.45) is 0.957. The number of fused-ring (bicyclic) bond motifs is 2. The first kappa shape index (κ1) is 20.2. The van der Waals surface area contributed by atoms with E-state index in [0.29, 0.717) is 27.4 Å². The number of nitrogens with zero attached hydrogens (tertiary/aromatic N) is 1. The van der Waals surface area contributed by atoms with Crippen molar-refractivity contribution in [3.05, 3.63) is 93.6 Å². The molecule has 0 atom stereocenters. The fourth-order valence-electron chi connectivity index (χ4n) is 3.61. The largest absolute Gasteiger partial charge is 0.456 e. The molecular formula is C26H20N2O3S. The molecule has 0 radical (unpaired) electrons. The van der Waals surface area contributed by atoms with E-state index in [0.717, 1.165) is 27.8 Å². The molecule has 158 valence electrons. The minimum atomic E-state index is -0.234. The summed E-state index contributed by atoms with van der Waals surface area (Å²) in [4.78, 5) is 29.7. The van der Waals surface area contributed by atoms with Gasteiger partial charge in [-0.15, -0.1) is 0 Å². The number of thiazole rings is 1. The van der Waals surface area contributed by atoms with Gasteiger partial charge >= 0.3 is 0 Å². The maximum Gasteiger partial charge on any atom is 0.257 e. The zero-order valence-electron chi connectivity index (χ0n) is 17.6. The maximum absolute atomic E-state index is 12.7. The zero-order valence-corrected chi connectivity index (χ0v) is 18.5. The third-order valence-corrected chi connectivity index (χ3v) is 6.33. The number of rotatable bonds is 4. The van der Waals surface area contributed by atoms with Gasteiger partial charge in [0.15, 0.2) is 10.6 Å². The molecule has 0 aliphatic heterocycles. The minimum absolute atomic E-state index is 0.0890. The number of anilines is 1. The third kappa shape index (κ3) is 3.81. The number of aryl methyl sites for hydroxylation is 2. The highest BCUT2D eigenvalue weighted by Gasteiger charge is 2.12. The van der Waals surface area contributed by atoms with E-state index in [1.54, 1.807) is 30.3 Å². The van der Waals surface area contributed by atoms with Gasteiger partial charge in [-0.2, -0.15) is 0 Å². The van der Waals surface area contributed by atoms with Crippen LogP contribution in [0, 0.1) is 6.92 Å². The Hall–Kier alpha value is -3.77. The Balaban J connectivity index is 1.38. The number of hydrogen-bond donors (Lipinski definition) is 1. The van der Waals surface area contributed by atoms with E-state index in [-0.39, 0.29) is 11.3 Å². The van der Waals surface area contributed by atoms with Crippen molar-refractivity contribution in [2.24, 2.45) is 0 Å². The van der Waals surface area contributed by atoms with Gasteiger partial charge in [0.25, 0.3) is 5.91 Å². The van der Waals surface area contributed by atoms with Gasteiger partial charge in [-0.1, -0.05) is 48.1 Å². The molecule has 3 aromatic carbocycles. The third-order valence-electron chi connectivity index (χ3n) is 5.40. The Labute approximate surface area is 188 Å². The molecule has 0 spiro atoms. The number of aromatic nitrogens is 1. The molecule has 0 saturated heterocycles. The van der Waals surface area contributed by atoms with Gasteiger partial charge in [0, 0.05) is 17.2 Å². The average Bonchev–Trinajstić information content (AvgIpc) is 3.20. The molecule has 5 aromatic rings. The van der Waals surface area contributed by atoms with Crippen LogP contribution in [0.15, 0.2) is 75.9 Å².